The molecule has 62 heavy (non-hydrogen) atoms. The van der Waals surface area contributed by atoms with Crippen LogP contribution in [0.25, 0.3) is 117 Å². The lowest BCUT2D eigenvalue weighted by Gasteiger charge is -2.16. The zero-order chi connectivity index (χ0) is 40.7. The second kappa shape index (κ2) is 13.5. The highest BCUT2D eigenvalue weighted by Gasteiger charge is 2.24. The maximum atomic E-state index is 6.61. The molecule has 0 aliphatic carbocycles. The van der Waals surface area contributed by atoms with Crippen molar-refractivity contribution < 1.29 is 4.42 Å². The van der Waals surface area contributed by atoms with Gasteiger partial charge in [0.15, 0.2) is 11.6 Å². The fourth-order valence-electron chi connectivity index (χ4n) is 9.76. The summed E-state index contributed by atoms with van der Waals surface area (Å²) in [7, 11) is 0. The van der Waals surface area contributed by atoms with Crippen LogP contribution in [0.4, 0.5) is 0 Å². The zero-order valence-electron chi connectivity index (χ0n) is 33.4. The van der Waals surface area contributed by atoms with Gasteiger partial charge in [-0.1, -0.05) is 146 Å². The minimum Gasteiger partial charge on any atom is -0.455 e. The molecule has 0 bridgehead atoms. The van der Waals surface area contributed by atoms with Gasteiger partial charge in [-0.3, -0.25) is 4.57 Å². The monoisotopic (exact) mass is 793 g/mol. The third-order valence-corrected chi connectivity index (χ3v) is 12.4. The molecule has 13 aromatic rings. The van der Waals surface area contributed by atoms with Crippen LogP contribution in [0.3, 0.4) is 0 Å². The van der Waals surface area contributed by atoms with E-state index in [9.17, 15) is 0 Å². The Morgan fingerprint density at radius 3 is 1.76 bits per heavy atom. The number of hydrogen-bond acceptors (Lipinski definition) is 3. The highest BCUT2D eigenvalue weighted by Crippen LogP contribution is 2.43. The summed E-state index contributed by atoms with van der Waals surface area (Å²) in [5.41, 5.74) is 13.7. The largest absolute Gasteiger partial charge is 0.455 e. The SMILES string of the molecule is c1ccc(-c2nnc(-c3cccc4c3c3ccccc3n4-c3ccccc3-c3cccc(-n4c5ccccc5c5c6oc7ccccc7c6ccc54)c3)n2-c2ccccc2)cc1. The average molecular weight is 794 g/mol. The fraction of sp³-hybridized carbons (Fsp3) is 0. The lowest BCUT2D eigenvalue weighted by atomic mass is 10.0. The Morgan fingerprint density at radius 2 is 0.919 bits per heavy atom. The van der Waals surface area contributed by atoms with Crippen molar-refractivity contribution in [2.45, 2.75) is 0 Å². The maximum Gasteiger partial charge on any atom is 0.169 e. The van der Waals surface area contributed by atoms with Crippen LogP contribution in [0.1, 0.15) is 0 Å². The van der Waals surface area contributed by atoms with Crippen LogP contribution < -0.4 is 0 Å². The van der Waals surface area contributed by atoms with Crippen molar-refractivity contribution in [2.24, 2.45) is 0 Å². The van der Waals surface area contributed by atoms with Gasteiger partial charge < -0.3 is 13.6 Å². The Morgan fingerprint density at radius 1 is 0.339 bits per heavy atom. The van der Waals surface area contributed by atoms with Gasteiger partial charge in [0.05, 0.1) is 33.1 Å². The van der Waals surface area contributed by atoms with Gasteiger partial charge in [0, 0.05) is 55.0 Å². The number of furan rings is 1. The van der Waals surface area contributed by atoms with E-state index in [4.69, 9.17) is 14.6 Å². The highest BCUT2D eigenvalue weighted by atomic mass is 16.3. The second-order valence-electron chi connectivity index (χ2n) is 15.8. The smallest absolute Gasteiger partial charge is 0.169 e. The third kappa shape index (κ3) is 5.04. The third-order valence-electron chi connectivity index (χ3n) is 12.4. The van der Waals surface area contributed by atoms with E-state index in [1.165, 1.54) is 0 Å². The van der Waals surface area contributed by atoms with Gasteiger partial charge in [0.2, 0.25) is 0 Å². The summed E-state index contributed by atoms with van der Waals surface area (Å²) in [5.74, 6) is 1.58. The van der Waals surface area contributed by atoms with Crippen LogP contribution in [-0.2, 0) is 0 Å². The number of fused-ring (bicyclic) bond motifs is 10. The van der Waals surface area contributed by atoms with Crippen LogP contribution in [0.15, 0.2) is 217 Å². The number of hydrogen-bond donors (Lipinski definition) is 0. The van der Waals surface area contributed by atoms with Gasteiger partial charge in [0.1, 0.15) is 11.2 Å². The van der Waals surface area contributed by atoms with Crippen molar-refractivity contribution in [3.8, 4) is 51.0 Å². The molecular weight excluding hydrogens is 759 g/mol. The van der Waals surface area contributed by atoms with Crippen molar-refractivity contribution in [2.75, 3.05) is 0 Å². The molecule has 6 heteroatoms. The molecule has 0 aliphatic heterocycles. The number of aromatic nitrogens is 5. The molecule has 0 atom stereocenters. The van der Waals surface area contributed by atoms with Crippen LogP contribution in [-0.4, -0.2) is 23.9 Å². The van der Waals surface area contributed by atoms with E-state index in [2.05, 4.69) is 196 Å². The van der Waals surface area contributed by atoms with E-state index in [0.29, 0.717) is 0 Å². The molecule has 0 amide bonds. The van der Waals surface area contributed by atoms with Crippen molar-refractivity contribution in [3.63, 3.8) is 0 Å². The molecule has 0 N–H and O–H groups in total. The van der Waals surface area contributed by atoms with E-state index in [1.807, 2.05) is 30.3 Å². The normalized spacial score (nSPS) is 11.9. The van der Waals surface area contributed by atoms with Crippen molar-refractivity contribution in [1.29, 1.82) is 0 Å². The van der Waals surface area contributed by atoms with Gasteiger partial charge in [-0.2, -0.15) is 0 Å². The van der Waals surface area contributed by atoms with E-state index in [-0.39, 0.29) is 0 Å². The second-order valence-corrected chi connectivity index (χ2v) is 15.8. The standard InChI is InChI=1S/C56H35N5O/c1-3-17-36(18-4-1)55-57-58-56(60(55)38-20-5-2-6-21-38)45-27-16-31-49-52(45)43-25-8-13-30-48(43)61(49)46-28-11-7-23-40(46)37-19-15-22-39(35-37)59-47-29-12-9-26-44(47)53-50(59)34-33-42-41-24-10-14-32-51(41)62-54(42)53/h1-35H. The average Bonchev–Trinajstić information content (AvgIpc) is 4.12. The number of nitrogens with zero attached hydrogens (tertiary/aromatic N) is 5. The van der Waals surface area contributed by atoms with Gasteiger partial charge >= 0.3 is 0 Å². The summed E-state index contributed by atoms with van der Waals surface area (Å²) in [6, 6.07) is 75.0. The number of benzene rings is 9. The summed E-state index contributed by atoms with van der Waals surface area (Å²) in [6.45, 7) is 0. The molecule has 9 aromatic carbocycles. The molecule has 6 nitrogen and oxygen atoms in total. The first-order chi connectivity index (χ1) is 30.8. The lowest BCUT2D eigenvalue weighted by Crippen LogP contribution is -2.01. The van der Waals surface area contributed by atoms with Crippen LogP contribution in [0.2, 0.25) is 0 Å². The van der Waals surface area contributed by atoms with Crippen molar-refractivity contribution in [3.05, 3.63) is 212 Å². The summed E-state index contributed by atoms with van der Waals surface area (Å²) in [4.78, 5) is 0. The molecule has 4 heterocycles. The Kier molecular flexibility index (Phi) is 7.50. The Hall–Kier alpha value is -8.48. The molecule has 0 unspecified atom stereocenters. The van der Waals surface area contributed by atoms with Crippen LogP contribution in [0, 0.1) is 0 Å². The number of para-hydroxylation sites is 5. The summed E-state index contributed by atoms with van der Waals surface area (Å²) >= 11 is 0. The van der Waals surface area contributed by atoms with Gasteiger partial charge in [-0.05, 0) is 72.3 Å². The quantitative estimate of drug-likeness (QED) is 0.168. The maximum absolute atomic E-state index is 6.61. The Balaban J connectivity index is 1.02. The Bertz CT molecular complexity index is 3870. The predicted molar refractivity (Wildman–Crippen MR) is 254 cm³/mol. The topological polar surface area (TPSA) is 53.7 Å². The predicted octanol–water partition coefficient (Wildman–Crippen LogP) is 14.4. The molecule has 0 fully saturated rings. The molecule has 0 radical (unpaired) electrons. The molecule has 4 aromatic heterocycles. The molecule has 290 valence electrons. The summed E-state index contributed by atoms with van der Waals surface area (Å²) in [5, 5.41) is 16.6. The minimum absolute atomic E-state index is 0.788. The van der Waals surface area contributed by atoms with E-state index < -0.39 is 0 Å². The fourth-order valence-corrected chi connectivity index (χ4v) is 9.76. The first kappa shape index (κ1) is 34.4. The van der Waals surface area contributed by atoms with Crippen LogP contribution in [0.5, 0.6) is 0 Å². The first-order valence-electron chi connectivity index (χ1n) is 20.9. The van der Waals surface area contributed by atoms with Gasteiger partial charge in [-0.25, -0.2) is 0 Å². The Labute approximate surface area is 355 Å². The summed E-state index contributed by atoms with van der Waals surface area (Å²) < 4.78 is 13.6. The number of rotatable bonds is 6. The molecule has 13 rings (SSSR count). The minimum atomic E-state index is 0.788. The van der Waals surface area contributed by atoms with E-state index in [0.717, 1.165) is 117 Å². The van der Waals surface area contributed by atoms with Crippen molar-refractivity contribution in [1.82, 2.24) is 23.9 Å². The molecule has 0 aliphatic rings. The zero-order valence-corrected chi connectivity index (χ0v) is 33.4. The molecule has 0 saturated heterocycles. The molecule has 0 spiro atoms. The first-order valence-corrected chi connectivity index (χ1v) is 20.9. The molecular formula is C56H35N5O. The van der Waals surface area contributed by atoms with Crippen molar-refractivity contribution >= 4 is 65.6 Å². The van der Waals surface area contributed by atoms with Gasteiger partial charge in [0.25, 0.3) is 0 Å². The van der Waals surface area contributed by atoms with Crippen LogP contribution >= 0.6 is 0 Å². The van der Waals surface area contributed by atoms with E-state index in [1.54, 1.807) is 0 Å². The highest BCUT2D eigenvalue weighted by molar-refractivity contribution is 6.24. The molecule has 0 saturated carbocycles. The lowest BCUT2D eigenvalue weighted by molar-refractivity contribution is 0.673. The summed E-state index contributed by atoms with van der Waals surface area (Å²) in [6.07, 6.45) is 0. The van der Waals surface area contributed by atoms with E-state index >= 15 is 0 Å². The van der Waals surface area contributed by atoms with Gasteiger partial charge in [-0.15, -0.1) is 10.2 Å².